The summed E-state index contributed by atoms with van der Waals surface area (Å²) in [6, 6.07) is 1.91. The number of imidazole rings is 1. The Labute approximate surface area is 133 Å². The van der Waals surface area contributed by atoms with Crippen molar-refractivity contribution in [3.63, 3.8) is 0 Å². The summed E-state index contributed by atoms with van der Waals surface area (Å²) in [5.41, 5.74) is 0.332. The number of aliphatic hydroxyl groups excluding tert-OH is 4. The molecule has 1 fully saturated rings. The largest absolute Gasteiger partial charge is 0.396 e. The fourth-order valence-electron chi connectivity index (χ4n) is 2.33. The van der Waals surface area contributed by atoms with Crippen molar-refractivity contribution in [3.05, 3.63) is 17.7 Å². The van der Waals surface area contributed by atoms with Crippen molar-refractivity contribution in [2.45, 2.75) is 37.9 Å². The topological polar surface area (TPSA) is 132 Å². The van der Waals surface area contributed by atoms with Crippen molar-refractivity contribution in [2.24, 2.45) is 5.92 Å². The van der Waals surface area contributed by atoms with Crippen LogP contribution in [0.1, 0.15) is 31.0 Å². The van der Waals surface area contributed by atoms with Crippen LogP contribution in [0.5, 0.6) is 0 Å². The highest BCUT2D eigenvalue weighted by Gasteiger charge is 2.44. The van der Waals surface area contributed by atoms with Crippen LogP contribution in [0.4, 0.5) is 0 Å². The lowest BCUT2D eigenvalue weighted by Crippen LogP contribution is -2.33. The second-order valence-corrected chi connectivity index (χ2v) is 5.37. The molecular formula is C15H19N3O5. The molecule has 2 heterocycles. The van der Waals surface area contributed by atoms with E-state index in [2.05, 4.69) is 16.8 Å². The SMILES string of the molecule is CC(C#Cc1c(C#N)ncn1[C@@H]1O[C@H](CO)[C@@H](O)[C@H]1O)CCO. The monoisotopic (exact) mass is 321 g/mol. The van der Waals surface area contributed by atoms with Gasteiger partial charge in [-0.2, -0.15) is 5.26 Å². The molecule has 1 saturated heterocycles. The highest BCUT2D eigenvalue weighted by molar-refractivity contribution is 5.40. The van der Waals surface area contributed by atoms with Gasteiger partial charge in [0.25, 0.3) is 0 Å². The number of hydrogen-bond acceptors (Lipinski definition) is 7. The smallest absolute Gasteiger partial charge is 0.174 e. The Morgan fingerprint density at radius 1 is 1.39 bits per heavy atom. The maximum atomic E-state index is 10.1. The lowest BCUT2D eigenvalue weighted by molar-refractivity contribution is -0.0531. The molecule has 1 aliphatic rings. The normalized spacial score (nSPS) is 28.0. The van der Waals surface area contributed by atoms with Gasteiger partial charge in [-0.15, -0.1) is 0 Å². The number of nitrogens with zero attached hydrogens (tertiary/aromatic N) is 3. The summed E-state index contributed by atoms with van der Waals surface area (Å²) in [7, 11) is 0. The zero-order chi connectivity index (χ0) is 17.0. The Bertz CT molecular complexity index is 642. The molecule has 1 aromatic rings. The van der Waals surface area contributed by atoms with E-state index in [4.69, 9.17) is 20.2 Å². The van der Waals surface area contributed by atoms with Crippen molar-refractivity contribution < 1.29 is 25.2 Å². The second kappa shape index (κ2) is 7.55. The maximum Gasteiger partial charge on any atom is 0.174 e. The summed E-state index contributed by atoms with van der Waals surface area (Å²) in [6.45, 7) is 1.40. The maximum absolute atomic E-state index is 10.1. The van der Waals surface area contributed by atoms with E-state index in [1.807, 2.05) is 13.0 Å². The van der Waals surface area contributed by atoms with Gasteiger partial charge in [0.05, 0.1) is 12.9 Å². The van der Waals surface area contributed by atoms with Crippen LogP contribution in [-0.4, -0.2) is 61.5 Å². The van der Waals surface area contributed by atoms with Gasteiger partial charge in [-0.05, 0) is 12.3 Å². The summed E-state index contributed by atoms with van der Waals surface area (Å²) in [5, 5.41) is 47.1. The molecule has 0 aromatic carbocycles. The van der Waals surface area contributed by atoms with E-state index >= 15 is 0 Å². The highest BCUT2D eigenvalue weighted by atomic mass is 16.6. The molecule has 0 bridgehead atoms. The lowest BCUT2D eigenvalue weighted by Gasteiger charge is -2.17. The molecule has 23 heavy (non-hydrogen) atoms. The molecule has 1 aromatic heterocycles. The Hall–Kier alpha value is -1.94. The third-order valence-corrected chi connectivity index (χ3v) is 3.69. The molecule has 2 rings (SSSR count). The van der Waals surface area contributed by atoms with Gasteiger partial charge >= 0.3 is 0 Å². The molecule has 5 atom stereocenters. The molecule has 0 aliphatic carbocycles. The first-order valence-corrected chi connectivity index (χ1v) is 7.25. The van der Waals surface area contributed by atoms with E-state index in [-0.39, 0.29) is 23.9 Å². The van der Waals surface area contributed by atoms with Gasteiger partial charge in [0.2, 0.25) is 0 Å². The van der Waals surface area contributed by atoms with Gasteiger partial charge in [0, 0.05) is 12.5 Å². The first kappa shape index (κ1) is 17.4. The van der Waals surface area contributed by atoms with Crippen LogP contribution in [0.3, 0.4) is 0 Å². The Morgan fingerprint density at radius 3 is 2.70 bits per heavy atom. The van der Waals surface area contributed by atoms with Crippen LogP contribution in [0.25, 0.3) is 0 Å². The predicted molar refractivity (Wildman–Crippen MR) is 77.7 cm³/mol. The molecule has 4 N–H and O–H groups in total. The fourth-order valence-corrected chi connectivity index (χ4v) is 2.33. The average Bonchev–Trinajstić information content (AvgIpc) is 3.07. The van der Waals surface area contributed by atoms with Gasteiger partial charge in [-0.1, -0.05) is 12.8 Å². The standard InChI is InChI=1S/C15H19N3O5/c1-9(4-5-19)2-3-11-10(6-16)17-8-18(11)15-14(22)13(21)12(7-20)23-15/h8-9,12-15,19-22H,4-5,7H2,1H3/t9?,12-,13-,14-,15-/m1/s1. The number of hydrogen-bond donors (Lipinski definition) is 4. The first-order chi connectivity index (χ1) is 11.0. The molecule has 0 saturated carbocycles. The minimum absolute atomic E-state index is 0.00897. The molecule has 0 radical (unpaired) electrons. The molecule has 1 unspecified atom stereocenters. The van der Waals surface area contributed by atoms with Crippen LogP contribution >= 0.6 is 0 Å². The Kier molecular flexibility index (Phi) is 5.72. The highest BCUT2D eigenvalue weighted by Crippen LogP contribution is 2.30. The summed E-state index contributed by atoms with van der Waals surface area (Å²) in [4.78, 5) is 3.93. The van der Waals surface area contributed by atoms with Gasteiger partial charge in [-0.3, -0.25) is 4.57 Å². The van der Waals surface area contributed by atoms with Crippen molar-refractivity contribution in [2.75, 3.05) is 13.2 Å². The van der Waals surface area contributed by atoms with E-state index in [0.717, 1.165) is 0 Å². The van der Waals surface area contributed by atoms with E-state index in [1.165, 1.54) is 10.9 Å². The van der Waals surface area contributed by atoms with Crippen molar-refractivity contribution >= 4 is 0 Å². The molecule has 0 spiro atoms. The number of ether oxygens (including phenoxy) is 1. The number of nitriles is 1. The summed E-state index contributed by atoms with van der Waals surface area (Å²) < 4.78 is 6.81. The molecule has 8 nitrogen and oxygen atoms in total. The van der Waals surface area contributed by atoms with Gasteiger partial charge in [0.1, 0.15) is 30.1 Å². The lowest BCUT2D eigenvalue weighted by atomic mass is 10.1. The third kappa shape index (κ3) is 3.53. The molecule has 1 aliphatic heterocycles. The van der Waals surface area contributed by atoms with Crippen LogP contribution < -0.4 is 0 Å². The van der Waals surface area contributed by atoms with Gasteiger partial charge in [0.15, 0.2) is 11.9 Å². The van der Waals surface area contributed by atoms with E-state index in [1.54, 1.807) is 0 Å². The van der Waals surface area contributed by atoms with Crippen LogP contribution in [-0.2, 0) is 4.74 Å². The van der Waals surface area contributed by atoms with Gasteiger partial charge < -0.3 is 25.2 Å². The molecule has 8 heteroatoms. The second-order valence-electron chi connectivity index (χ2n) is 5.37. The Morgan fingerprint density at radius 2 is 2.13 bits per heavy atom. The summed E-state index contributed by atoms with van der Waals surface area (Å²) >= 11 is 0. The Balaban J connectivity index is 2.34. The van der Waals surface area contributed by atoms with E-state index in [0.29, 0.717) is 6.42 Å². The molecular weight excluding hydrogens is 302 g/mol. The summed E-state index contributed by atoms with van der Waals surface area (Å²) in [5.74, 6) is 5.65. The van der Waals surface area contributed by atoms with Crippen molar-refractivity contribution in [1.29, 1.82) is 5.26 Å². The number of aromatic nitrogens is 2. The van der Waals surface area contributed by atoms with Crippen molar-refractivity contribution in [3.8, 4) is 17.9 Å². The van der Waals surface area contributed by atoms with Crippen LogP contribution in [0.2, 0.25) is 0 Å². The molecule has 0 amide bonds. The van der Waals surface area contributed by atoms with E-state index < -0.39 is 31.1 Å². The van der Waals surface area contributed by atoms with Gasteiger partial charge in [-0.25, -0.2) is 4.98 Å². The van der Waals surface area contributed by atoms with Crippen molar-refractivity contribution in [1.82, 2.24) is 9.55 Å². The van der Waals surface area contributed by atoms with Crippen LogP contribution in [0.15, 0.2) is 6.33 Å². The quantitative estimate of drug-likeness (QED) is 0.509. The first-order valence-electron chi connectivity index (χ1n) is 7.25. The number of rotatable bonds is 4. The van der Waals surface area contributed by atoms with Crippen LogP contribution in [0, 0.1) is 29.1 Å². The summed E-state index contributed by atoms with van der Waals surface area (Å²) in [6.07, 6.45) is -2.63. The fraction of sp³-hybridized carbons (Fsp3) is 0.600. The third-order valence-electron chi connectivity index (χ3n) is 3.69. The predicted octanol–water partition coefficient (Wildman–Crippen LogP) is -1.26. The zero-order valence-electron chi connectivity index (χ0n) is 12.6. The molecule has 124 valence electrons. The number of aliphatic hydroxyl groups is 4. The minimum atomic E-state index is -1.27. The minimum Gasteiger partial charge on any atom is -0.396 e. The average molecular weight is 321 g/mol. The van der Waals surface area contributed by atoms with E-state index in [9.17, 15) is 10.2 Å². The zero-order valence-corrected chi connectivity index (χ0v) is 12.6.